The van der Waals surface area contributed by atoms with Crippen LogP contribution in [0.2, 0.25) is 0 Å². The number of rotatable bonds is 1. The van der Waals surface area contributed by atoms with Crippen molar-refractivity contribution >= 4 is 51.2 Å². The maximum absolute atomic E-state index is 10.8. The Bertz CT molecular complexity index is 385. The maximum atomic E-state index is 10.8. The lowest BCUT2D eigenvalue weighted by atomic mass is 10.1. The van der Waals surface area contributed by atoms with Crippen molar-refractivity contribution in [1.82, 2.24) is 0 Å². The zero-order valence-corrected chi connectivity index (χ0v) is 11.3. The summed E-state index contributed by atoms with van der Waals surface area (Å²) in [6.45, 7) is 1.59. The predicted octanol–water partition coefficient (Wildman–Crippen LogP) is 2.31. The summed E-state index contributed by atoms with van der Waals surface area (Å²) in [5, 5.41) is 27.6. The third kappa shape index (κ3) is 1.76. The topological polar surface area (TPSA) is 77.8 Å². The number of aromatic hydroxyl groups is 2. The molecule has 0 saturated carbocycles. The number of phenolic OH excluding ortho intramolecular Hbond substituents is 1. The molecule has 0 bridgehead atoms. The van der Waals surface area contributed by atoms with Crippen LogP contribution >= 0.6 is 45.2 Å². The Kier molecular flexibility index (Phi) is 3.45. The third-order valence-corrected chi connectivity index (χ3v) is 5.21. The molecule has 0 amide bonds. The van der Waals surface area contributed by atoms with Crippen molar-refractivity contribution in [1.29, 1.82) is 0 Å². The summed E-state index contributed by atoms with van der Waals surface area (Å²) in [6, 6.07) is 0. The van der Waals surface area contributed by atoms with Crippen molar-refractivity contribution in [3.05, 3.63) is 18.3 Å². The van der Waals surface area contributed by atoms with Crippen LogP contribution in [0.25, 0.3) is 0 Å². The van der Waals surface area contributed by atoms with E-state index in [4.69, 9.17) is 5.11 Å². The molecule has 0 aliphatic carbocycles. The molecule has 0 aliphatic rings. The maximum Gasteiger partial charge on any atom is 0.339 e. The molecule has 1 aromatic carbocycles. The van der Waals surface area contributed by atoms with Crippen LogP contribution in [-0.4, -0.2) is 21.3 Å². The summed E-state index contributed by atoms with van der Waals surface area (Å²) in [5.74, 6) is -2.19. The average Bonchev–Trinajstić information content (AvgIpc) is 2.11. The number of benzene rings is 1. The molecule has 0 saturated heterocycles. The monoisotopic (exact) mass is 420 g/mol. The molecule has 76 valence electrons. The van der Waals surface area contributed by atoms with Crippen molar-refractivity contribution < 1.29 is 20.1 Å². The third-order valence-electron chi connectivity index (χ3n) is 1.78. The van der Waals surface area contributed by atoms with Gasteiger partial charge in [-0.3, -0.25) is 0 Å². The van der Waals surface area contributed by atoms with Crippen LogP contribution < -0.4 is 0 Å². The van der Waals surface area contributed by atoms with E-state index in [1.807, 2.05) is 45.2 Å². The van der Waals surface area contributed by atoms with Crippen molar-refractivity contribution in [3.63, 3.8) is 0 Å². The lowest BCUT2D eigenvalue weighted by Gasteiger charge is -2.10. The van der Waals surface area contributed by atoms with Gasteiger partial charge in [-0.25, -0.2) is 4.79 Å². The molecule has 0 spiro atoms. The van der Waals surface area contributed by atoms with Gasteiger partial charge in [0.2, 0.25) is 0 Å². The van der Waals surface area contributed by atoms with Crippen LogP contribution in [0.5, 0.6) is 11.5 Å². The molecular weight excluding hydrogens is 414 g/mol. The van der Waals surface area contributed by atoms with E-state index >= 15 is 0 Å². The molecule has 0 aliphatic heterocycles. The van der Waals surface area contributed by atoms with E-state index in [0.29, 0.717) is 12.7 Å². The highest BCUT2D eigenvalue weighted by atomic mass is 127. The second-order valence-electron chi connectivity index (χ2n) is 2.63. The van der Waals surface area contributed by atoms with Crippen LogP contribution in [0.4, 0.5) is 0 Å². The first kappa shape index (κ1) is 11.8. The fourth-order valence-corrected chi connectivity index (χ4v) is 2.23. The van der Waals surface area contributed by atoms with Gasteiger partial charge in [-0.1, -0.05) is 0 Å². The van der Waals surface area contributed by atoms with Crippen molar-refractivity contribution in [2.45, 2.75) is 6.92 Å². The van der Waals surface area contributed by atoms with Gasteiger partial charge in [0, 0.05) is 3.57 Å². The second kappa shape index (κ2) is 4.09. The van der Waals surface area contributed by atoms with Gasteiger partial charge in [0.1, 0.15) is 5.56 Å². The average molecular weight is 420 g/mol. The Balaban J connectivity index is 3.68. The highest BCUT2D eigenvalue weighted by molar-refractivity contribution is 14.1. The van der Waals surface area contributed by atoms with E-state index in [2.05, 4.69) is 0 Å². The smallest absolute Gasteiger partial charge is 0.339 e. The molecular formula is C8H6I2O4. The number of aromatic carboxylic acids is 1. The Morgan fingerprint density at radius 3 is 2.07 bits per heavy atom. The van der Waals surface area contributed by atoms with Gasteiger partial charge in [0.05, 0.1) is 3.57 Å². The largest absolute Gasteiger partial charge is 0.504 e. The van der Waals surface area contributed by atoms with Gasteiger partial charge in [-0.15, -0.1) is 0 Å². The number of hydrogen-bond acceptors (Lipinski definition) is 3. The van der Waals surface area contributed by atoms with Crippen LogP contribution in [0.3, 0.4) is 0 Å². The lowest BCUT2D eigenvalue weighted by molar-refractivity contribution is 0.0692. The van der Waals surface area contributed by atoms with Crippen LogP contribution in [0, 0.1) is 14.1 Å². The minimum absolute atomic E-state index is 0.243. The fraction of sp³-hybridized carbons (Fsp3) is 0.125. The molecule has 3 N–H and O–H groups in total. The van der Waals surface area contributed by atoms with Crippen LogP contribution in [-0.2, 0) is 0 Å². The number of halogens is 2. The molecule has 0 unspecified atom stereocenters. The lowest BCUT2D eigenvalue weighted by Crippen LogP contribution is -2.03. The van der Waals surface area contributed by atoms with E-state index < -0.39 is 11.7 Å². The first-order valence-electron chi connectivity index (χ1n) is 3.50. The number of carbonyl (C=O) groups is 1. The van der Waals surface area contributed by atoms with Crippen molar-refractivity contribution in [2.24, 2.45) is 0 Å². The molecule has 0 fully saturated rings. The number of carboxylic acids is 1. The number of carboxylic acid groups (broad SMARTS) is 1. The van der Waals surface area contributed by atoms with E-state index in [1.54, 1.807) is 6.92 Å². The quantitative estimate of drug-likeness (QED) is 0.482. The zero-order valence-electron chi connectivity index (χ0n) is 7.01. The van der Waals surface area contributed by atoms with Gasteiger partial charge in [-0.05, 0) is 57.7 Å². The minimum atomic E-state index is -1.25. The predicted molar refractivity (Wildman–Crippen MR) is 66.9 cm³/mol. The standard InChI is InChI=1S/C8H6I2O4/c1-2-3(8(13)14)6(11)7(12)5(10)4(2)9/h11-12H,1H3,(H,13,14). The zero-order chi connectivity index (χ0) is 11.0. The van der Waals surface area contributed by atoms with Gasteiger partial charge in [-0.2, -0.15) is 0 Å². The summed E-state index contributed by atoms with van der Waals surface area (Å²) < 4.78 is 1.10. The minimum Gasteiger partial charge on any atom is -0.504 e. The Labute approximate surface area is 107 Å². The Morgan fingerprint density at radius 1 is 1.14 bits per heavy atom. The van der Waals surface area contributed by atoms with Crippen molar-refractivity contribution in [3.8, 4) is 11.5 Å². The fourth-order valence-electron chi connectivity index (χ4n) is 1.04. The molecule has 4 nitrogen and oxygen atoms in total. The Hall–Kier alpha value is -0.250. The van der Waals surface area contributed by atoms with Gasteiger partial charge in [0.25, 0.3) is 0 Å². The highest BCUT2D eigenvalue weighted by Crippen LogP contribution is 2.39. The van der Waals surface area contributed by atoms with Crippen LogP contribution in [0.1, 0.15) is 15.9 Å². The summed E-state index contributed by atoms with van der Waals surface area (Å²) >= 11 is 3.78. The molecule has 0 heterocycles. The summed E-state index contributed by atoms with van der Waals surface area (Å²) in [6.07, 6.45) is 0. The highest BCUT2D eigenvalue weighted by Gasteiger charge is 2.22. The normalized spacial score (nSPS) is 10.2. The molecule has 1 aromatic rings. The number of phenols is 2. The van der Waals surface area contributed by atoms with Gasteiger partial charge in [0.15, 0.2) is 11.5 Å². The van der Waals surface area contributed by atoms with Gasteiger partial charge >= 0.3 is 5.97 Å². The van der Waals surface area contributed by atoms with Crippen LogP contribution in [0.15, 0.2) is 0 Å². The number of hydrogen-bond donors (Lipinski definition) is 3. The molecule has 0 radical (unpaired) electrons. The summed E-state index contributed by atoms with van der Waals surface area (Å²) in [5.41, 5.74) is 0.213. The Morgan fingerprint density at radius 2 is 1.64 bits per heavy atom. The molecule has 6 heteroatoms. The molecule has 0 aromatic heterocycles. The van der Waals surface area contributed by atoms with E-state index in [-0.39, 0.29) is 11.3 Å². The summed E-state index contributed by atoms with van der Waals surface area (Å²) in [7, 11) is 0. The van der Waals surface area contributed by atoms with E-state index in [9.17, 15) is 15.0 Å². The van der Waals surface area contributed by atoms with E-state index in [1.165, 1.54) is 0 Å². The summed E-state index contributed by atoms with van der Waals surface area (Å²) in [4.78, 5) is 10.8. The molecule has 1 rings (SSSR count). The molecule has 0 atom stereocenters. The van der Waals surface area contributed by atoms with Gasteiger partial charge < -0.3 is 15.3 Å². The first-order valence-corrected chi connectivity index (χ1v) is 5.66. The van der Waals surface area contributed by atoms with E-state index in [0.717, 1.165) is 0 Å². The molecule has 14 heavy (non-hydrogen) atoms. The SMILES string of the molecule is Cc1c(I)c(I)c(O)c(O)c1C(=O)O. The van der Waals surface area contributed by atoms with Crippen molar-refractivity contribution in [2.75, 3.05) is 0 Å². The second-order valence-corrected chi connectivity index (χ2v) is 4.79. The first-order chi connectivity index (χ1) is 6.37.